The van der Waals surface area contributed by atoms with Crippen molar-refractivity contribution in [1.29, 1.82) is 0 Å². The zero-order valence-corrected chi connectivity index (χ0v) is 14.6. The molecule has 0 aromatic carbocycles. The molecular formula is C16H25F3N2O4. The highest BCUT2D eigenvalue weighted by Crippen LogP contribution is 2.25. The highest BCUT2D eigenvalue weighted by Gasteiger charge is 2.44. The summed E-state index contributed by atoms with van der Waals surface area (Å²) in [6, 6.07) is -2.00. The Bertz CT molecular complexity index is 504. The Morgan fingerprint density at radius 2 is 1.92 bits per heavy atom. The molecule has 9 heteroatoms. The topological polar surface area (TPSA) is 90.6 Å². The molecule has 1 rings (SSSR count). The van der Waals surface area contributed by atoms with Gasteiger partial charge >= 0.3 is 18.1 Å². The van der Waals surface area contributed by atoms with Gasteiger partial charge in [0.1, 0.15) is 0 Å². The van der Waals surface area contributed by atoms with Gasteiger partial charge in [-0.15, -0.1) is 0 Å². The fourth-order valence-corrected chi connectivity index (χ4v) is 2.62. The van der Waals surface area contributed by atoms with E-state index in [-0.39, 0.29) is 24.7 Å². The van der Waals surface area contributed by atoms with Gasteiger partial charge in [0.25, 0.3) is 0 Å². The highest BCUT2D eigenvalue weighted by atomic mass is 19.4. The first-order valence-electron chi connectivity index (χ1n) is 8.30. The van der Waals surface area contributed by atoms with Crippen LogP contribution in [0.3, 0.4) is 0 Å². The van der Waals surface area contributed by atoms with Gasteiger partial charge in [0.2, 0.25) is 0 Å². The van der Waals surface area contributed by atoms with E-state index < -0.39 is 36.2 Å². The van der Waals surface area contributed by atoms with Gasteiger partial charge in [-0.25, -0.2) is 4.79 Å². The number of alkyl halides is 3. The number of carbonyl (C=O) groups excluding carboxylic acids is 2. The molecule has 25 heavy (non-hydrogen) atoms. The molecule has 0 aromatic heterocycles. The molecule has 0 aliphatic heterocycles. The normalized spacial score (nSPS) is 24.0. The molecule has 0 radical (unpaired) electrons. The predicted octanol–water partition coefficient (Wildman–Crippen LogP) is 1.83. The summed E-state index contributed by atoms with van der Waals surface area (Å²) < 4.78 is 48.4. The van der Waals surface area contributed by atoms with Crippen LogP contribution in [0.2, 0.25) is 0 Å². The second-order valence-corrected chi connectivity index (χ2v) is 5.82. The first-order chi connectivity index (χ1) is 11.6. The molecule has 1 amide bonds. The van der Waals surface area contributed by atoms with Gasteiger partial charge in [0, 0.05) is 11.6 Å². The lowest BCUT2D eigenvalue weighted by atomic mass is 9.88. The molecule has 144 valence electrons. The molecule has 0 aromatic rings. The largest absolute Gasteiger partial charge is 0.471 e. The van der Waals surface area contributed by atoms with E-state index in [9.17, 15) is 22.8 Å². The van der Waals surface area contributed by atoms with Crippen molar-refractivity contribution in [3.63, 3.8) is 0 Å². The molecule has 0 heterocycles. The number of ether oxygens (including phenoxy) is 2. The molecule has 0 bridgehead atoms. The lowest BCUT2D eigenvalue weighted by Gasteiger charge is -2.36. The predicted molar refractivity (Wildman–Crippen MR) is 84.5 cm³/mol. The van der Waals surface area contributed by atoms with Crippen LogP contribution in [0.15, 0.2) is 11.6 Å². The average Bonchev–Trinajstić information content (AvgIpc) is 2.54. The van der Waals surface area contributed by atoms with E-state index in [1.165, 1.54) is 6.08 Å². The molecule has 0 fully saturated rings. The molecule has 1 aliphatic carbocycles. The Hall–Kier alpha value is -1.61. The summed E-state index contributed by atoms with van der Waals surface area (Å²) in [5.74, 6) is -2.67. The van der Waals surface area contributed by atoms with Crippen LogP contribution >= 0.6 is 0 Å². The number of nitrogens with two attached hydrogens (primary N) is 1. The zero-order chi connectivity index (χ0) is 19.2. The number of rotatable bonds is 7. The van der Waals surface area contributed by atoms with Crippen molar-refractivity contribution in [2.75, 3.05) is 6.61 Å². The highest BCUT2D eigenvalue weighted by molar-refractivity contribution is 5.89. The minimum Gasteiger partial charge on any atom is -0.463 e. The van der Waals surface area contributed by atoms with E-state index in [1.54, 1.807) is 6.92 Å². The van der Waals surface area contributed by atoms with Gasteiger partial charge in [0.05, 0.1) is 24.9 Å². The number of nitrogens with one attached hydrogen (secondary N) is 1. The van der Waals surface area contributed by atoms with Crippen molar-refractivity contribution < 1.29 is 32.2 Å². The third kappa shape index (κ3) is 6.00. The summed E-state index contributed by atoms with van der Waals surface area (Å²) in [5, 5.41) is 1.89. The van der Waals surface area contributed by atoms with E-state index in [0.717, 1.165) is 0 Å². The standard InChI is InChI=1S/C16H25F3N2O4/c1-4-10(5-2)25-12-8-9(14(22)24-6-3)7-11(20)13(12)21-15(23)16(17,18)19/h8,10-13H,4-7,20H2,1-3H3,(H,21,23). The minimum absolute atomic E-state index is 0.00951. The Balaban J connectivity index is 3.07. The quantitative estimate of drug-likeness (QED) is 0.671. The van der Waals surface area contributed by atoms with Crippen molar-refractivity contribution in [3.05, 3.63) is 11.6 Å². The molecule has 6 nitrogen and oxygen atoms in total. The van der Waals surface area contributed by atoms with Crippen molar-refractivity contribution in [1.82, 2.24) is 5.32 Å². The zero-order valence-electron chi connectivity index (χ0n) is 14.6. The Kier molecular flexibility index (Phi) is 7.88. The van der Waals surface area contributed by atoms with Gasteiger partial charge in [-0.05, 0) is 32.3 Å². The van der Waals surface area contributed by atoms with Gasteiger partial charge in [-0.1, -0.05) is 13.8 Å². The van der Waals surface area contributed by atoms with E-state index in [0.29, 0.717) is 12.8 Å². The van der Waals surface area contributed by atoms with E-state index in [2.05, 4.69) is 0 Å². The lowest BCUT2D eigenvalue weighted by molar-refractivity contribution is -0.175. The van der Waals surface area contributed by atoms with Crippen molar-refractivity contribution in [2.24, 2.45) is 5.73 Å². The van der Waals surface area contributed by atoms with E-state index >= 15 is 0 Å². The van der Waals surface area contributed by atoms with Crippen molar-refractivity contribution in [2.45, 2.75) is 70.5 Å². The van der Waals surface area contributed by atoms with Gasteiger partial charge < -0.3 is 20.5 Å². The van der Waals surface area contributed by atoms with E-state index in [4.69, 9.17) is 15.2 Å². The second kappa shape index (κ2) is 9.19. The minimum atomic E-state index is -5.02. The fourth-order valence-electron chi connectivity index (χ4n) is 2.62. The number of carbonyl (C=O) groups is 2. The molecule has 0 spiro atoms. The number of hydrogen-bond donors (Lipinski definition) is 2. The smallest absolute Gasteiger partial charge is 0.463 e. The summed E-state index contributed by atoms with van der Waals surface area (Å²) in [6.45, 7) is 5.55. The van der Waals surface area contributed by atoms with Crippen LogP contribution in [0, 0.1) is 0 Å². The molecular weight excluding hydrogens is 341 g/mol. The number of hydrogen-bond acceptors (Lipinski definition) is 5. The van der Waals surface area contributed by atoms with Gasteiger partial charge in [-0.2, -0.15) is 13.2 Å². The fraction of sp³-hybridized carbons (Fsp3) is 0.750. The summed E-state index contributed by atoms with van der Waals surface area (Å²) in [7, 11) is 0. The van der Waals surface area contributed by atoms with Gasteiger partial charge in [-0.3, -0.25) is 4.79 Å². The van der Waals surface area contributed by atoms with Crippen LogP contribution in [-0.4, -0.2) is 49.0 Å². The molecule has 0 saturated heterocycles. The number of halogens is 3. The lowest BCUT2D eigenvalue weighted by Crippen LogP contribution is -2.59. The Morgan fingerprint density at radius 3 is 2.40 bits per heavy atom. The first-order valence-corrected chi connectivity index (χ1v) is 8.30. The summed E-state index contributed by atoms with van der Waals surface area (Å²) in [4.78, 5) is 23.2. The van der Waals surface area contributed by atoms with Crippen LogP contribution in [0.1, 0.15) is 40.0 Å². The first kappa shape index (κ1) is 21.4. The third-order valence-electron chi connectivity index (χ3n) is 3.99. The van der Waals surface area contributed by atoms with Crippen molar-refractivity contribution >= 4 is 11.9 Å². The number of esters is 1. The maximum atomic E-state index is 12.6. The van der Waals surface area contributed by atoms with Crippen molar-refractivity contribution in [3.8, 4) is 0 Å². The maximum Gasteiger partial charge on any atom is 0.471 e. The summed E-state index contributed by atoms with van der Waals surface area (Å²) >= 11 is 0. The molecule has 0 saturated carbocycles. The SMILES string of the molecule is CCOC(=O)C1=CC(OC(CC)CC)C(NC(=O)C(F)(F)F)C(N)C1. The van der Waals surface area contributed by atoms with Gasteiger partial charge in [0.15, 0.2) is 0 Å². The molecule has 3 unspecified atom stereocenters. The van der Waals surface area contributed by atoms with Crippen LogP contribution in [-0.2, 0) is 19.1 Å². The average molecular weight is 366 g/mol. The molecule has 1 aliphatic rings. The maximum absolute atomic E-state index is 12.6. The van der Waals surface area contributed by atoms with E-state index in [1.807, 2.05) is 19.2 Å². The van der Waals surface area contributed by atoms with Crippen LogP contribution in [0.5, 0.6) is 0 Å². The second-order valence-electron chi connectivity index (χ2n) is 5.82. The third-order valence-corrected chi connectivity index (χ3v) is 3.99. The van der Waals surface area contributed by atoms with Crippen LogP contribution in [0.25, 0.3) is 0 Å². The summed E-state index contributed by atoms with van der Waals surface area (Å²) in [5.41, 5.74) is 6.17. The van der Waals surface area contributed by atoms with Crippen LogP contribution in [0.4, 0.5) is 13.2 Å². The molecule has 3 atom stereocenters. The van der Waals surface area contributed by atoms with Crippen LogP contribution < -0.4 is 11.1 Å². The monoisotopic (exact) mass is 366 g/mol. The Morgan fingerprint density at radius 1 is 1.32 bits per heavy atom. The number of amides is 1. The molecule has 3 N–H and O–H groups in total. The summed E-state index contributed by atoms with van der Waals surface area (Å²) in [6.07, 6.45) is -3.55. The Labute approximate surface area is 144 Å².